The highest BCUT2D eigenvalue weighted by Gasteiger charge is 2.12. The molecule has 0 saturated heterocycles. The molecule has 1 amide bonds. The molecule has 0 atom stereocenters. The van der Waals surface area contributed by atoms with Crippen molar-refractivity contribution >= 4 is 17.8 Å². The maximum absolute atomic E-state index is 12.2. The minimum atomic E-state index is -0.522. The summed E-state index contributed by atoms with van der Waals surface area (Å²) in [5, 5.41) is 23.4. The Labute approximate surface area is 200 Å². The summed E-state index contributed by atoms with van der Waals surface area (Å²) in [6.07, 6.45) is 6.96. The molecular weight excluding hydrogens is 450 g/mol. The summed E-state index contributed by atoms with van der Waals surface area (Å²) in [6.45, 7) is 2.17. The molecular formula is C24H21N7O4. The highest BCUT2D eigenvalue weighted by Crippen LogP contribution is 2.24. The average Bonchev–Trinajstić information content (AvgIpc) is 3.37. The molecule has 0 radical (unpaired) electrons. The standard InChI is InChI=1S/C24H21N7O4/c1-2-17-3-5-21(6-4-17)30-15-20(27-29-30)16-35-23-8-7-22(31(33)34)13-19(23)14-26-28-24(32)18-9-11-25-12-10-18/h3-15H,2,16H2,1H3,(H,28,32)/b26-14+. The molecule has 176 valence electrons. The van der Waals surface area contributed by atoms with Crippen LogP contribution in [-0.4, -0.2) is 37.0 Å². The van der Waals surface area contributed by atoms with Crippen molar-refractivity contribution in [3.05, 3.63) is 106 Å². The Balaban J connectivity index is 1.46. The van der Waals surface area contributed by atoms with Crippen LogP contribution < -0.4 is 10.2 Å². The fraction of sp³-hybridized carbons (Fsp3) is 0.125. The number of amides is 1. The number of pyridine rings is 1. The van der Waals surface area contributed by atoms with Crippen molar-refractivity contribution < 1.29 is 14.5 Å². The van der Waals surface area contributed by atoms with Crippen LogP contribution in [0.1, 0.15) is 34.1 Å². The number of rotatable bonds is 9. The molecule has 2 aromatic heterocycles. The van der Waals surface area contributed by atoms with Gasteiger partial charge in [0.15, 0.2) is 0 Å². The van der Waals surface area contributed by atoms with Crippen LogP contribution in [0.4, 0.5) is 5.69 Å². The Morgan fingerprint density at radius 1 is 1.17 bits per heavy atom. The smallest absolute Gasteiger partial charge is 0.271 e. The molecule has 0 aliphatic carbocycles. The second-order valence-electron chi connectivity index (χ2n) is 7.38. The van der Waals surface area contributed by atoms with Gasteiger partial charge in [0.05, 0.1) is 23.0 Å². The first-order chi connectivity index (χ1) is 17.0. The van der Waals surface area contributed by atoms with E-state index in [2.05, 4.69) is 32.7 Å². The largest absolute Gasteiger partial charge is 0.486 e. The molecule has 0 aliphatic heterocycles. The topological polar surface area (TPSA) is 137 Å². The number of nitro groups is 1. The van der Waals surface area contributed by atoms with E-state index in [1.54, 1.807) is 10.9 Å². The Kier molecular flexibility index (Phi) is 7.16. The lowest BCUT2D eigenvalue weighted by Gasteiger charge is -2.07. The molecule has 11 heteroatoms. The van der Waals surface area contributed by atoms with Crippen LogP contribution in [-0.2, 0) is 13.0 Å². The zero-order chi connectivity index (χ0) is 24.6. The molecule has 0 unspecified atom stereocenters. The summed E-state index contributed by atoms with van der Waals surface area (Å²) in [4.78, 5) is 26.7. The summed E-state index contributed by atoms with van der Waals surface area (Å²) >= 11 is 0. The minimum absolute atomic E-state index is 0.0784. The summed E-state index contributed by atoms with van der Waals surface area (Å²) in [6, 6.07) is 15.2. The van der Waals surface area contributed by atoms with Crippen LogP contribution in [0.5, 0.6) is 5.75 Å². The number of non-ortho nitro benzene ring substituents is 1. The number of nitrogens with one attached hydrogen (secondary N) is 1. The van der Waals surface area contributed by atoms with Crippen molar-refractivity contribution in [2.75, 3.05) is 0 Å². The lowest BCUT2D eigenvalue weighted by Crippen LogP contribution is -2.17. The van der Waals surface area contributed by atoms with Crippen molar-refractivity contribution in [2.45, 2.75) is 20.0 Å². The van der Waals surface area contributed by atoms with Crippen molar-refractivity contribution in [1.82, 2.24) is 25.4 Å². The first-order valence-electron chi connectivity index (χ1n) is 10.7. The molecule has 0 saturated carbocycles. The van der Waals surface area contributed by atoms with Gasteiger partial charge in [-0.1, -0.05) is 24.3 Å². The fourth-order valence-electron chi connectivity index (χ4n) is 3.14. The second-order valence-corrected chi connectivity index (χ2v) is 7.38. The zero-order valence-corrected chi connectivity index (χ0v) is 18.7. The molecule has 2 aromatic carbocycles. The third-order valence-electron chi connectivity index (χ3n) is 5.04. The van der Waals surface area contributed by atoms with E-state index in [9.17, 15) is 14.9 Å². The van der Waals surface area contributed by atoms with Crippen molar-refractivity contribution in [2.24, 2.45) is 5.10 Å². The highest BCUT2D eigenvalue weighted by molar-refractivity contribution is 5.95. The number of benzene rings is 2. The first kappa shape index (κ1) is 23.2. The van der Waals surface area contributed by atoms with Crippen LogP contribution in [0, 0.1) is 10.1 Å². The molecule has 35 heavy (non-hydrogen) atoms. The number of aromatic nitrogens is 4. The lowest BCUT2D eigenvalue weighted by molar-refractivity contribution is -0.384. The molecule has 0 bridgehead atoms. The van der Waals surface area contributed by atoms with E-state index >= 15 is 0 Å². The molecule has 4 aromatic rings. The third kappa shape index (κ3) is 5.90. The van der Waals surface area contributed by atoms with E-state index in [4.69, 9.17) is 4.74 Å². The van der Waals surface area contributed by atoms with Crippen molar-refractivity contribution in [3.63, 3.8) is 0 Å². The second kappa shape index (κ2) is 10.8. The number of hydrazone groups is 1. The molecule has 2 heterocycles. The SMILES string of the molecule is CCc1ccc(-n2cc(COc3ccc([N+](=O)[O-])cc3/C=N/NC(=O)c3ccncc3)nn2)cc1. The van der Waals surface area contributed by atoms with Gasteiger partial charge in [-0.2, -0.15) is 5.10 Å². The number of ether oxygens (including phenoxy) is 1. The number of carbonyl (C=O) groups is 1. The number of nitrogens with zero attached hydrogens (tertiary/aromatic N) is 6. The van der Waals surface area contributed by atoms with Gasteiger partial charge in [-0.25, -0.2) is 10.1 Å². The highest BCUT2D eigenvalue weighted by atomic mass is 16.6. The van der Waals surface area contributed by atoms with Gasteiger partial charge in [-0.15, -0.1) is 5.10 Å². The molecule has 1 N–H and O–H groups in total. The predicted octanol–water partition coefficient (Wildman–Crippen LogP) is 3.48. The number of hydrogen-bond acceptors (Lipinski definition) is 8. The number of hydrogen-bond donors (Lipinski definition) is 1. The van der Waals surface area contributed by atoms with Gasteiger partial charge in [-0.05, 0) is 42.3 Å². The van der Waals surface area contributed by atoms with Gasteiger partial charge in [-0.3, -0.25) is 19.9 Å². The molecule has 11 nitrogen and oxygen atoms in total. The lowest BCUT2D eigenvalue weighted by atomic mass is 10.1. The number of carbonyl (C=O) groups excluding carboxylic acids is 1. The monoisotopic (exact) mass is 471 g/mol. The van der Waals surface area contributed by atoms with Gasteiger partial charge < -0.3 is 4.74 Å². The Hall–Kier alpha value is -4.93. The number of nitro benzene ring substituents is 1. The fourth-order valence-corrected chi connectivity index (χ4v) is 3.14. The van der Waals surface area contributed by atoms with Gasteiger partial charge in [0.2, 0.25) is 0 Å². The summed E-state index contributed by atoms with van der Waals surface area (Å²) in [7, 11) is 0. The van der Waals surface area contributed by atoms with Gasteiger partial charge in [0, 0.05) is 35.7 Å². The summed E-state index contributed by atoms with van der Waals surface area (Å²) < 4.78 is 7.48. The van der Waals surface area contributed by atoms with E-state index in [0.717, 1.165) is 12.1 Å². The van der Waals surface area contributed by atoms with E-state index in [0.29, 0.717) is 22.6 Å². The molecule has 0 spiro atoms. The van der Waals surface area contributed by atoms with E-state index in [1.165, 1.54) is 54.5 Å². The number of aryl methyl sites for hydroxylation is 1. The Bertz CT molecular complexity index is 1350. The van der Waals surface area contributed by atoms with Gasteiger partial charge in [0.25, 0.3) is 11.6 Å². The third-order valence-corrected chi connectivity index (χ3v) is 5.04. The zero-order valence-electron chi connectivity index (χ0n) is 18.7. The van der Waals surface area contributed by atoms with Crippen LogP contribution in [0.25, 0.3) is 5.69 Å². The predicted molar refractivity (Wildman–Crippen MR) is 127 cm³/mol. The summed E-state index contributed by atoms with van der Waals surface area (Å²) in [5.41, 5.74) is 5.59. The summed E-state index contributed by atoms with van der Waals surface area (Å²) in [5.74, 6) is -0.112. The minimum Gasteiger partial charge on any atom is -0.486 e. The average molecular weight is 471 g/mol. The first-order valence-corrected chi connectivity index (χ1v) is 10.7. The van der Waals surface area contributed by atoms with Crippen LogP contribution >= 0.6 is 0 Å². The quantitative estimate of drug-likeness (QED) is 0.224. The van der Waals surface area contributed by atoms with Gasteiger partial charge >= 0.3 is 0 Å². The Morgan fingerprint density at radius 3 is 2.66 bits per heavy atom. The maximum atomic E-state index is 12.2. The van der Waals surface area contributed by atoms with Crippen molar-refractivity contribution in [1.29, 1.82) is 0 Å². The van der Waals surface area contributed by atoms with Crippen LogP contribution in [0.2, 0.25) is 0 Å². The van der Waals surface area contributed by atoms with E-state index in [1.807, 2.05) is 24.3 Å². The normalized spacial score (nSPS) is 10.9. The maximum Gasteiger partial charge on any atom is 0.271 e. The van der Waals surface area contributed by atoms with Crippen LogP contribution in [0.3, 0.4) is 0 Å². The van der Waals surface area contributed by atoms with Crippen LogP contribution in [0.15, 0.2) is 78.3 Å². The Morgan fingerprint density at radius 2 is 1.94 bits per heavy atom. The van der Waals surface area contributed by atoms with Crippen molar-refractivity contribution in [3.8, 4) is 11.4 Å². The molecule has 4 rings (SSSR count). The molecule has 0 aliphatic rings. The van der Waals surface area contributed by atoms with Gasteiger partial charge in [0.1, 0.15) is 18.1 Å². The van der Waals surface area contributed by atoms with E-state index in [-0.39, 0.29) is 12.3 Å². The molecule has 0 fully saturated rings. The van der Waals surface area contributed by atoms with E-state index < -0.39 is 10.8 Å².